The molecule has 1 fully saturated rings. The number of aromatic nitrogens is 1. The second-order valence-corrected chi connectivity index (χ2v) is 5.77. The number of carbonyl (C=O) groups is 1. The minimum absolute atomic E-state index is 0.256. The van der Waals surface area contributed by atoms with E-state index in [0.29, 0.717) is 30.8 Å². The third kappa shape index (κ3) is 3.57. The third-order valence-corrected chi connectivity index (χ3v) is 4.10. The first kappa shape index (κ1) is 14.9. The van der Waals surface area contributed by atoms with E-state index < -0.39 is 0 Å². The van der Waals surface area contributed by atoms with E-state index in [1.807, 2.05) is 36.4 Å². The number of benzene rings is 1. The van der Waals surface area contributed by atoms with Crippen molar-refractivity contribution in [2.75, 3.05) is 13.1 Å². The number of amides is 1. The summed E-state index contributed by atoms with van der Waals surface area (Å²) in [5.74, 6) is 0.300. The van der Waals surface area contributed by atoms with Crippen LogP contribution in [0.5, 0.6) is 0 Å². The molecule has 0 bridgehead atoms. The van der Waals surface area contributed by atoms with E-state index in [1.54, 1.807) is 17.2 Å². The highest BCUT2D eigenvalue weighted by molar-refractivity contribution is 6.29. The molecule has 2 aromatic rings. The molecule has 1 unspecified atom stereocenters. The van der Waals surface area contributed by atoms with Crippen LogP contribution in [0.15, 0.2) is 48.7 Å². The molecule has 2 heterocycles. The van der Waals surface area contributed by atoms with Crippen LogP contribution in [0.2, 0.25) is 5.15 Å². The number of rotatable bonds is 3. The van der Waals surface area contributed by atoms with Crippen molar-refractivity contribution in [3.8, 4) is 0 Å². The molecule has 1 aliphatic rings. The van der Waals surface area contributed by atoms with Crippen LogP contribution in [-0.2, 0) is 11.3 Å². The molecule has 0 aliphatic carbocycles. The molecule has 1 atom stereocenters. The molecule has 1 aromatic carbocycles. The monoisotopic (exact) mass is 316 g/mol. The number of likely N-dealkylation sites (tertiary alicyclic amines) is 1. The lowest BCUT2D eigenvalue weighted by Gasteiger charge is -2.16. The smallest absolute Gasteiger partial charge is 0.410 e. The molecule has 0 radical (unpaired) electrons. The van der Waals surface area contributed by atoms with Crippen molar-refractivity contribution >= 4 is 17.7 Å². The molecule has 1 aromatic heterocycles. The maximum Gasteiger partial charge on any atom is 0.410 e. The summed E-state index contributed by atoms with van der Waals surface area (Å²) in [6.45, 7) is 1.68. The first-order chi connectivity index (χ1) is 10.7. The highest BCUT2D eigenvalue weighted by Crippen LogP contribution is 2.27. The van der Waals surface area contributed by atoms with E-state index in [9.17, 15) is 4.79 Å². The van der Waals surface area contributed by atoms with Crippen LogP contribution in [0.4, 0.5) is 4.79 Å². The molecule has 0 spiro atoms. The average Bonchev–Trinajstić information content (AvgIpc) is 3.04. The standard InChI is InChI=1S/C17H17ClN2O2/c18-16-7-6-14(10-19-16)15-8-9-20(11-15)17(21)22-12-13-4-2-1-3-5-13/h1-7,10,15H,8-9,11-12H2. The number of hydrogen-bond acceptors (Lipinski definition) is 3. The van der Waals surface area contributed by atoms with Gasteiger partial charge in [-0.05, 0) is 23.6 Å². The lowest BCUT2D eigenvalue weighted by atomic mass is 10.0. The van der Waals surface area contributed by atoms with Gasteiger partial charge >= 0.3 is 6.09 Å². The molecule has 3 rings (SSSR count). The van der Waals surface area contributed by atoms with Crippen LogP contribution in [0.3, 0.4) is 0 Å². The maximum absolute atomic E-state index is 12.1. The zero-order chi connectivity index (χ0) is 15.4. The number of pyridine rings is 1. The number of carbonyl (C=O) groups excluding carboxylic acids is 1. The lowest BCUT2D eigenvalue weighted by Crippen LogP contribution is -2.29. The average molecular weight is 317 g/mol. The first-order valence-electron chi connectivity index (χ1n) is 7.29. The van der Waals surface area contributed by atoms with Gasteiger partial charge in [0.25, 0.3) is 0 Å². The third-order valence-electron chi connectivity index (χ3n) is 3.87. The number of nitrogens with zero attached hydrogens (tertiary/aromatic N) is 2. The second kappa shape index (κ2) is 6.79. The van der Waals surface area contributed by atoms with E-state index in [2.05, 4.69) is 4.98 Å². The molecule has 0 N–H and O–H groups in total. The lowest BCUT2D eigenvalue weighted by molar-refractivity contribution is 0.104. The van der Waals surface area contributed by atoms with Crippen molar-refractivity contribution in [1.82, 2.24) is 9.88 Å². The van der Waals surface area contributed by atoms with Crippen LogP contribution in [-0.4, -0.2) is 29.1 Å². The summed E-state index contributed by atoms with van der Waals surface area (Å²) in [4.78, 5) is 18.0. The zero-order valence-corrected chi connectivity index (χ0v) is 12.9. The quantitative estimate of drug-likeness (QED) is 0.807. The molecule has 1 amide bonds. The number of halogens is 1. The van der Waals surface area contributed by atoms with Crippen LogP contribution >= 0.6 is 11.6 Å². The molecule has 22 heavy (non-hydrogen) atoms. The van der Waals surface area contributed by atoms with Crippen molar-refractivity contribution in [1.29, 1.82) is 0 Å². The second-order valence-electron chi connectivity index (χ2n) is 5.39. The van der Waals surface area contributed by atoms with Gasteiger partial charge in [0.05, 0.1) is 0 Å². The Balaban J connectivity index is 1.53. The van der Waals surface area contributed by atoms with Crippen LogP contribution in [0.25, 0.3) is 0 Å². The zero-order valence-electron chi connectivity index (χ0n) is 12.1. The summed E-state index contributed by atoms with van der Waals surface area (Å²) >= 11 is 5.80. The number of ether oxygens (including phenoxy) is 1. The molecule has 114 valence electrons. The van der Waals surface area contributed by atoms with Gasteiger partial charge in [0.1, 0.15) is 11.8 Å². The first-order valence-corrected chi connectivity index (χ1v) is 7.67. The van der Waals surface area contributed by atoms with Gasteiger partial charge in [-0.2, -0.15) is 0 Å². The van der Waals surface area contributed by atoms with Gasteiger partial charge in [-0.25, -0.2) is 9.78 Å². The summed E-state index contributed by atoms with van der Waals surface area (Å²) in [7, 11) is 0. The van der Waals surface area contributed by atoms with Gasteiger partial charge in [0.15, 0.2) is 0 Å². The Morgan fingerprint density at radius 1 is 1.27 bits per heavy atom. The number of hydrogen-bond donors (Lipinski definition) is 0. The van der Waals surface area contributed by atoms with Crippen molar-refractivity contribution in [3.05, 3.63) is 64.9 Å². The fourth-order valence-electron chi connectivity index (χ4n) is 2.64. The van der Waals surface area contributed by atoms with E-state index >= 15 is 0 Å². The van der Waals surface area contributed by atoms with E-state index in [-0.39, 0.29) is 6.09 Å². The highest BCUT2D eigenvalue weighted by atomic mass is 35.5. The molecule has 5 heteroatoms. The minimum Gasteiger partial charge on any atom is -0.445 e. The molecule has 0 saturated carbocycles. The normalized spacial score (nSPS) is 17.5. The SMILES string of the molecule is O=C(OCc1ccccc1)N1CCC(c2ccc(Cl)nc2)C1. The van der Waals surface area contributed by atoms with Gasteiger partial charge in [-0.3, -0.25) is 0 Å². The summed E-state index contributed by atoms with van der Waals surface area (Å²) in [5, 5.41) is 0.487. The van der Waals surface area contributed by atoms with E-state index in [1.165, 1.54) is 0 Å². The molecule has 4 nitrogen and oxygen atoms in total. The topological polar surface area (TPSA) is 42.4 Å². The Bertz CT molecular complexity index is 631. The predicted octanol–water partition coefficient (Wildman–Crippen LogP) is 3.86. The molecule has 1 saturated heterocycles. The Labute approximate surface area is 134 Å². The Morgan fingerprint density at radius 3 is 2.82 bits per heavy atom. The summed E-state index contributed by atoms with van der Waals surface area (Å²) in [6.07, 6.45) is 2.45. The predicted molar refractivity (Wildman–Crippen MR) is 84.8 cm³/mol. The summed E-state index contributed by atoms with van der Waals surface area (Å²) < 4.78 is 5.37. The Morgan fingerprint density at radius 2 is 2.09 bits per heavy atom. The van der Waals surface area contributed by atoms with Crippen molar-refractivity contribution in [2.45, 2.75) is 18.9 Å². The highest BCUT2D eigenvalue weighted by Gasteiger charge is 2.28. The van der Waals surface area contributed by atoms with Crippen LogP contribution < -0.4 is 0 Å². The molecule has 1 aliphatic heterocycles. The van der Waals surface area contributed by atoms with Crippen molar-refractivity contribution in [2.24, 2.45) is 0 Å². The van der Waals surface area contributed by atoms with Gasteiger partial charge in [-0.15, -0.1) is 0 Å². The molecular formula is C17H17ClN2O2. The van der Waals surface area contributed by atoms with E-state index in [4.69, 9.17) is 16.3 Å². The summed E-state index contributed by atoms with van der Waals surface area (Å²) in [5.41, 5.74) is 2.11. The molecular weight excluding hydrogens is 300 g/mol. The fourth-order valence-corrected chi connectivity index (χ4v) is 2.75. The fraction of sp³-hybridized carbons (Fsp3) is 0.294. The Hall–Kier alpha value is -2.07. The van der Waals surface area contributed by atoms with Gasteiger partial charge < -0.3 is 9.64 Å². The van der Waals surface area contributed by atoms with Crippen LogP contribution in [0.1, 0.15) is 23.5 Å². The van der Waals surface area contributed by atoms with Crippen LogP contribution in [0, 0.1) is 0 Å². The Kier molecular flexibility index (Phi) is 4.59. The van der Waals surface area contributed by atoms with E-state index in [0.717, 1.165) is 17.5 Å². The largest absolute Gasteiger partial charge is 0.445 e. The van der Waals surface area contributed by atoms with Crippen molar-refractivity contribution in [3.63, 3.8) is 0 Å². The maximum atomic E-state index is 12.1. The van der Waals surface area contributed by atoms with Gasteiger partial charge in [0.2, 0.25) is 0 Å². The van der Waals surface area contributed by atoms with Crippen molar-refractivity contribution < 1.29 is 9.53 Å². The summed E-state index contributed by atoms with van der Waals surface area (Å²) in [6, 6.07) is 13.5. The van der Waals surface area contributed by atoms with Gasteiger partial charge in [0, 0.05) is 25.2 Å². The minimum atomic E-state index is -0.256. The van der Waals surface area contributed by atoms with Gasteiger partial charge in [-0.1, -0.05) is 48.0 Å².